The number of benzene rings is 2. The minimum absolute atomic E-state index is 0.0786. The summed E-state index contributed by atoms with van der Waals surface area (Å²) in [6.45, 7) is 6.91. The van der Waals surface area contributed by atoms with Crippen LogP contribution >= 0.6 is 0 Å². The van der Waals surface area contributed by atoms with Crippen LogP contribution in [0.1, 0.15) is 61.3 Å². The van der Waals surface area contributed by atoms with E-state index in [4.69, 9.17) is 0 Å². The van der Waals surface area contributed by atoms with Crippen LogP contribution in [0, 0.1) is 12.8 Å². The molecule has 3 atom stereocenters. The number of amides is 2. The number of hydrogen-bond acceptors (Lipinski definition) is 3. The predicted octanol–water partition coefficient (Wildman–Crippen LogP) is 4.45. The smallest absolute Gasteiger partial charge is 0.291 e. The lowest BCUT2D eigenvalue weighted by Gasteiger charge is -2.44. The van der Waals surface area contributed by atoms with Crippen molar-refractivity contribution in [2.24, 2.45) is 5.92 Å². The molecular formula is C27H32N4O2. The number of carbonyl (C=O) groups excluding carboxylic acids is 2. The summed E-state index contributed by atoms with van der Waals surface area (Å²) in [5.41, 5.74) is 2.82. The summed E-state index contributed by atoms with van der Waals surface area (Å²) < 4.78 is 1.92. The Bertz CT molecular complexity index is 1200. The third-order valence-electron chi connectivity index (χ3n) is 7.53. The van der Waals surface area contributed by atoms with Crippen molar-refractivity contribution in [3.8, 4) is 0 Å². The van der Waals surface area contributed by atoms with Gasteiger partial charge in [-0.2, -0.15) is 0 Å². The van der Waals surface area contributed by atoms with Gasteiger partial charge in [-0.1, -0.05) is 61.7 Å². The van der Waals surface area contributed by atoms with Crippen molar-refractivity contribution in [2.75, 3.05) is 0 Å². The third kappa shape index (κ3) is 3.81. The highest BCUT2D eigenvalue weighted by molar-refractivity contribution is 6.01. The van der Waals surface area contributed by atoms with Crippen molar-refractivity contribution in [1.29, 1.82) is 0 Å². The molecule has 2 amide bonds. The number of fused-ring (bicyclic) bond motifs is 3. The fourth-order valence-electron chi connectivity index (χ4n) is 5.31. The number of hydrogen-bond donors (Lipinski definition) is 1. The van der Waals surface area contributed by atoms with Gasteiger partial charge >= 0.3 is 0 Å². The van der Waals surface area contributed by atoms with Crippen LogP contribution in [0.5, 0.6) is 0 Å². The molecule has 0 spiro atoms. The van der Waals surface area contributed by atoms with Crippen LogP contribution in [0.25, 0.3) is 11.0 Å². The van der Waals surface area contributed by atoms with Crippen molar-refractivity contribution in [3.63, 3.8) is 0 Å². The summed E-state index contributed by atoms with van der Waals surface area (Å²) in [6.07, 6.45) is 4.47. The fourth-order valence-corrected chi connectivity index (χ4v) is 5.31. The van der Waals surface area contributed by atoms with Gasteiger partial charge < -0.3 is 14.8 Å². The second-order valence-electron chi connectivity index (χ2n) is 10.0. The molecule has 1 N–H and O–H groups in total. The number of imidazole rings is 1. The molecule has 5 rings (SSSR count). The lowest BCUT2D eigenvalue weighted by atomic mass is 9.85. The summed E-state index contributed by atoms with van der Waals surface area (Å²) in [4.78, 5) is 34.0. The Hall–Kier alpha value is -3.15. The second kappa shape index (κ2) is 8.32. The molecule has 1 aliphatic heterocycles. The Morgan fingerprint density at radius 1 is 1.12 bits per heavy atom. The van der Waals surface area contributed by atoms with E-state index in [2.05, 4.69) is 17.2 Å². The first-order valence-electron chi connectivity index (χ1n) is 12.0. The summed E-state index contributed by atoms with van der Waals surface area (Å²) in [6, 6.07) is 16.0. The van der Waals surface area contributed by atoms with Crippen molar-refractivity contribution in [1.82, 2.24) is 19.8 Å². The number of nitrogens with one attached hydrogen (secondary N) is 1. The number of carbonyl (C=O) groups is 2. The van der Waals surface area contributed by atoms with Crippen LogP contribution < -0.4 is 5.32 Å². The van der Waals surface area contributed by atoms with Crippen LogP contribution in [-0.2, 0) is 17.9 Å². The second-order valence-corrected chi connectivity index (χ2v) is 10.0. The molecule has 0 radical (unpaired) electrons. The molecule has 0 bridgehead atoms. The molecule has 2 aromatic carbocycles. The zero-order valence-electron chi connectivity index (χ0n) is 19.7. The molecule has 2 aliphatic rings. The molecule has 0 unspecified atom stereocenters. The molecule has 172 valence electrons. The van der Waals surface area contributed by atoms with Crippen molar-refractivity contribution in [2.45, 2.75) is 71.1 Å². The van der Waals surface area contributed by atoms with Crippen LogP contribution in [0.15, 0.2) is 48.5 Å². The molecule has 3 aromatic rings. The van der Waals surface area contributed by atoms with Crippen LogP contribution in [0.3, 0.4) is 0 Å². The van der Waals surface area contributed by atoms with Crippen LogP contribution in [0.2, 0.25) is 0 Å². The Kier molecular flexibility index (Phi) is 5.47. The average Bonchev–Trinajstić information content (AvgIpc) is 3.18. The van der Waals surface area contributed by atoms with E-state index in [0.717, 1.165) is 41.4 Å². The SMILES string of the molecule is Cc1ccc(CN2C(=O)c3nc4ccccc4n3C[C@]2(C)C(=O)N[C@@H]2CCCC[C@H]2C)cc1. The molecule has 1 aromatic heterocycles. The van der Waals surface area contributed by atoms with Crippen molar-refractivity contribution in [3.05, 3.63) is 65.5 Å². The number of aryl methyl sites for hydroxylation is 1. The normalized spacial score (nSPS) is 25.2. The van der Waals surface area contributed by atoms with Gasteiger partial charge in [-0.15, -0.1) is 0 Å². The quantitative estimate of drug-likeness (QED) is 0.646. The van der Waals surface area contributed by atoms with Gasteiger partial charge in [0.25, 0.3) is 5.91 Å². The largest absolute Gasteiger partial charge is 0.351 e. The van der Waals surface area contributed by atoms with E-state index in [9.17, 15) is 9.59 Å². The van der Waals surface area contributed by atoms with Gasteiger partial charge in [0.2, 0.25) is 5.91 Å². The average molecular weight is 445 g/mol. The van der Waals surface area contributed by atoms with Gasteiger partial charge in [0.15, 0.2) is 5.82 Å². The first-order chi connectivity index (χ1) is 15.9. The van der Waals surface area contributed by atoms with E-state index in [1.54, 1.807) is 4.90 Å². The Balaban J connectivity index is 1.54. The van der Waals surface area contributed by atoms with E-state index in [-0.39, 0.29) is 17.9 Å². The maximum absolute atomic E-state index is 13.9. The van der Waals surface area contributed by atoms with Crippen molar-refractivity contribution >= 4 is 22.8 Å². The topological polar surface area (TPSA) is 67.2 Å². The lowest BCUT2D eigenvalue weighted by molar-refractivity contribution is -0.134. The minimum Gasteiger partial charge on any atom is -0.351 e. The molecular weight excluding hydrogens is 412 g/mol. The third-order valence-corrected chi connectivity index (χ3v) is 7.53. The van der Waals surface area contributed by atoms with Crippen molar-refractivity contribution < 1.29 is 9.59 Å². The Morgan fingerprint density at radius 3 is 2.61 bits per heavy atom. The first-order valence-corrected chi connectivity index (χ1v) is 12.0. The molecule has 1 aliphatic carbocycles. The molecule has 6 nitrogen and oxygen atoms in total. The van der Waals surface area contributed by atoms with E-state index in [0.29, 0.717) is 24.8 Å². The first kappa shape index (κ1) is 21.7. The Labute approximate surface area is 195 Å². The summed E-state index contributed by atoms with van der Waals surface area (Å²) in [5, 5.41) is 3.33. The van der Waals surface area contributed by atoms with Gasteiger partial charge in [-0.3, -0.25) is 9.59 Å². The molecule has 33 heavy (non-hydrogen) atoms. The zero-order valence-corrected chi connectivity index (χ0v) is 19.7. The van der Waals surface area contributed by atoms with E-state index in [1.165, 1.54) is 6.42 Å². The van der Waals surface area contributed by atoms with Crippen LogP contribution in [-0.4, -0.2) is 37.8 Å². The zero-order chi connectivity index (χ0) is 23.2. The summed E-state index contributed by atoms with van der Waals surface area (Å²) in [7, 11) is 0. The summed E-state index contributed by atoms with van der Waals surface area (Å²) in [5.74, 6) is 0.568. The van der Waals surface area contributed by atoms with Gasteiger partial charge in [-0.25, -0.2) is 4.98 Å². The minimum atomic E-state index is -1.02. The number of rotatable bonds is 4. The standard InChI is InChI=1S/C27H32N4O2/c1-18-12-14-20(15-13-18)16-31-25(32)24-28-22-10-6-7-11-23(22)30(24)17-27(31,3)26(33)29-21-9-5-4-8-19(21)2/h6-7,10-15,19,21H,4-5,8-9,16-17H2,1-3H3,(H,29,33)/t19-,21-,27-/m1/s1. The van der Waals surface area contributed by atoms with Gasteiger partial charge in [0.1, 0.15) is 5.54 Å². The van der Waals surface area contributed by atoms with Gasteiger partial charge in [0, 0.05) is 12.6 Å². The highest BCUT2D eigenvalue weighted by atomic mass is 16.2. The maximum atomic E-state index is 13.9. The number of nitrogens with zero attached hydrogens (tertiary/aromatic N) is 3. The number of para-hydroxylation sites is 2. The summed E-state index contributed by atoms with van der Waals surface area (Å²) >= 11 is 0. The van der Waals surface area contributed by atoms with Crippen LogP contribution in [0.4, 0.5) is 0 Å². The highest BCUT2D eigenvalue weighted by Gasteiger charge is 2.49. The lowest BCUT2D eigenvalue weighted by Crippen LogP contribution is -2.65. The molecule has 1 fully saturated rings. The monoisotopic (exact) mass is 444 g/mol. The molecule has 6 heteroatoms. The molecule has 1 saturated carbocycles. The highest BCUT2D eigenvalue weighted by Crippen LogP contribution is 2.33. The maximum Gasteiger partial charge on any atom is 0.291 e. The van der Waals surface area contributed by atoms with E-state index < -0.39 is 5.54 Å². The Morgan fingerprint density at radius 2 is 1.85 bits per heavy atom. The molecule has 2 heterocycles. The van der Waals surface area contributed by atoms with Gasteiger partial charge in [0.05, 0.1) is 17.6 Å². The number of aromatic nitrogens is 2. The fraction of sp³-hybridized carbons (Fsp3) is 0.444. The molecule has 0 saturated heterocycles. The predicted molar refractivity (Wildman–Crippen MR) is 129 cm³/mol. The van der Waals surface area contributed by atoms with E-state index >= 15 is 0 Å². The van der Waals surface area contributed by atoms with E-state index in [1.807, 2.05) is 66.9 Å². The van der Waals surface area contributed by atoms with Gasteiger partial charge in [-0.05, 0) is 50.3 Å².